The summed E-state index contributed by atoms with van der Waals surface area (Å²) in [5.74, 6) is 1.03. The Labute approximate surface area is 337 Å². The van der Waals surface area contributed by atoms with Crippen molar-refractivity contribution in [2.75, 3.05) is 38.2 Å². The lowest BCUT2D eigenvalue weighted by molar-refractivity contribution is -0.458. The summed E-state index contributed by atoms with van der Waals surface area (Å²) in [4.78, 5) is 15.5. The minimum Gasteiger partial charge on any atom is -0.461 e. The van der Waals surface area contributed by atoms with Crippen LogP contribution in [-0.4, -0.2) is 94.5 Å². The van der Waals surface area contributed by atoms with Gasteiger partial charge in [0.2, 0.25) is 0 Å². The molecule has 0 saturated carbocycles. The Bertz CT molecular complexity index is 2260. The number of nitrogens with one attached hydrogen (secondary N) is 2. The van der Waals surface area contributed by atoms with E-state index in [9.17, 15) is 39.5 Å². The lowest BCUT2D eigenvalue weighted by Gasteiger charge is -2.40. The Morgan fingerprint density at radius 1 is 0.883 bits per heavy atom. The van der Waals surface area contributed by atoms with Crippen molar-refractivity contribution in [1.82, 2.24) is 25.2 Å². The number of fused-ring (bicyclic) bond motifs is 2. The zero-order valence-corrected chi connectivity index (χ0v) is 32.4. The molecule has 2 saturated heterocycles. The molecule has 0 amide bonds. The first-order valence-electron chi connectivity index (χ1n) is 19.5. The summed E-state index contributed by atoms with van der Waals surface area (Å²) >= 11 is 0. The number of alkyl halides is 9. The van der Waals surface area contributed by atoms with Crippen molar-refractivity contribution < 1.29 is 57.8 Å². The summed E-state index contributed by atoms with van der Waals surface area (Å²) in [5.41, 5.74) is -7.19. The molecule has 324 valence electrons. The van der Waals surface area contributed by atoms with Crippen LogP contribution in [0.25, 0.3) is 32.9 Å². The van der Waals surface area contributed by atoms with E-state index < -0.39 is 54.0 Å². The van der Waals surface area contributed by atoms with Crippen LogP contribution in [0.1, 0.15) is 63.6 Å². The van der Waals surface area contributed by atoms with Gasteiger partial charge in [-0.05, 0) is 75.8 Å². The van der Waals surface area contributed by atoms with Crippen molar-refractivity contribution in [2.45, 2.75) is 101 Å². The molecule has 4 atom stereocenters. The molecule has 3 aliphatic heterocycles. The van der Waals surface area contributed by atoms with Gasteiger partial charge < -0.3 is 20.1 Å². The number of benzene rings is 2. The molecule has 2 aromatic carbocycles. The predicted octanol–water partition coefficient (Wildman–Crippen LogP) is 9.28. The van der Waals surface area contributed by atoms with Gasteiger partial charge in [0, 0.05) is 36.1 Å². The number of nitrogens with zero attached hydrogens (tertiary/aromatic N) is 4. The first-order valence-corrected chi connectivity index (χ1v) is 19.5. The molecule has 2 aromatic heterocycles. The lowest BCUT2D eigenvalue weighted by Crippen LogP contribution is -2.68. The van der Waals surface area contributed by atoms with Crippen LogP contribution in [0.5, 0.6) is 6.01 Å². The number of rotatable bonds is 7. The Morgan fingerprint density at radius 3 is 2.32 bits per heavy atom. The van der Waals surface area contributed by atoms with E-state index in [4.69, 9.17) is 16.1 Å². The molecule has 0 radical (unpaired) electrons. The number of pyridine rings is 1. The lowest BCUT2D eigenvalue weighted by atomic mass is 9.93. The number of anilines is 1. The fourth-order valence-electron chi connectivity index (χ4n) is 8.94. The second-order valence-corrected chi connectivity index (χ2v) is 15.9. The SMILES string of the molecule is C#Cc1c(F)ccc2cccc(-c3nc4c5c(nc(OCC67CCCN6[C@H](COC(C(F)(F)F)(C(F)(F)F)C(F)(F)F)CC7)nc5c3F)NCCN[C@H](C)CCC(C)C4)c12. The van der Waals surface area contributed by atoms with Crippen LogP contribution in [0.15, 0.2) is 30.3 Å². The number of aromatic nitrogens is 3. The normalized spacial score (nSPS) is 23.5. The summed E-state index contributed by atoms with van der Waals surface area (Å²) in [6.07, 6.45) is -12.0. The predicted molar refractivity (Wildman–Crippen MR) is 200 cm³/mol. The van der Waals surface area contributed by atoms with E-state index in [0.717, 1.165) is 12.8 Å². The van der Waals surface area contributed by atoms with E-state index in [2.05, 4.69) is 38.2 Å². The quantitative estimate of drug-likeness (QED) is 0.141. The van der Waals surface area contributed by atoms with Crippen LogP contribution in [0.3, 0.4) is 0 Å². The van der Waals surface area contributed by atoms with Gasteiger partial charge in [0.25, 0.3) is 0 Å². The number of hydrogen-bond donors (Lipinski definition) is 2. The number of terminal acetylenes is 1. The van der Waals surface area contributed by atoms with Gasteiger partial charge in [0.1, 0.15) is 29.5 Å². The summed E-state index contributed by atoms with van der Waals surface area (Å²) < 4.78 is 165. The molecule has 5 heterocycles. The van der Waals surface area contributed by atoms with Gasteiger partial charge >= 0.3 is 30.1 Å². The third kappa shape index (κ3) is 7.67. The van der Waals surface area contributed by atoms with Gasteiger partial charge in [0.15, 0.2) is 5.82 Å². The highest BCUT2D eigenvalue weighted by Gasteiger charge is 2.85. The van der Waals surface area contributed by atoms with E-state index in [1.54, 1.807) is 18.2 Å². The fourth-order valence-corrected chi connectivity index (χ4v) is 8.94. The van der Waals surface area contributed by atoms with Crippen LogP contribution >= 0.6 is 0 Å². The highest BCUT2D eigenvalue weighted by atomic mass is 19.4. The highest BCUT2D eigenvalue weighted by molar-refractivity contribution is 6.02. The molecule has 0 aliphatic carbocycles. The largest absolute Gasteiger partial charge is 0.461 e. The molecule has 2 N–H and O–H groups in total. The maximum atomic E-state index is 17.2. The second-order valence-electron chi connectivity index (χ2n) is 15.9. The summed E-state index contributed by atoms with van der Waals surface area (Å²) in [6, 6.07) is 6.27. The summed E-state index contributed by atoms with van der Waals surface area (Å²) in [6.45, 7) is 3.24. The first-order chi connectivity index (χ1) is 28.2. The molecule has 3 aliphatic rings. The van der Waals surface area contributed by atoms with Crippen molar-refractivity contribution in [1.29, 1.82) is 0 Å². The van der Waals surface area contributed by atoms with Crippen molar-refractivity contribution >= 4 is 27.5 Å². The van der Waals surface area contributed by atoms with Gasteiger partial charge in [0.05, 0.1) is 28.8 Å². The van der Waals surface area contributed by atoms with Gasteiger partial charge in [-0.15, -0.1) is 6.42 Å². The maximum absolute atomic E-state index is 17.2. The summed E-state index contributed by atoms with van der Waals surface area (Å²) in [7, 11) is 0. The van der Waals surface area contributed by atoms with E-state index in [0.29, 0.717) is 43.4 Å². The Balaban J connectivity index is 1.27. The summed E-state index contributed by atoms with van der Waals surface area (Å²) in [5, 5.41) is 7.73. The number of halogens is 11. The minimum atomic E-state index is -6.85. The number of hydrogen-bond acceptors (Lipinski definition) is 8. The average Bonchev–Trinajstić information content (AvgIpc) is 3.73. The van der Waals surface area contributed by atoms with Crippen LogP contribution in [-0.2, 0) is 11.2 Å². The third-order valence-corrected chi connectivity index (χ3v) is 12.0. The van der Waals surface area contributed by atoms with Crippen molar-refractivity contribution in [3.05, 3.63) is 53.2 Å². The average molecular weight is 859 g/mol. The molecular formula is C41H41F11N6O2. The first kappa shape index (κ1) is 43.5. The highest BCUT2D eigenvalue weighted by Crippen LogP contribution is 2.55. The molecule has 2 fully saturated rings. The topological polar surface area (TPSA) is 84.4 Å². The van der Waals surface area contributed by atoms with E-state index in [-0.39, 0.29) is 82.9 Å². The zero-order valence-electron chi connectivity index (χ0n) is 32.4. The van der Waals surface area contributed by atoms with Crippen molar-refractivity contribution in [2.24, 2.45) is 5.92 Å². The molecule has 19 heteroatoms. The Morgan fingerprint density at radius 2 is 1.62 bits per heavy atom. The molecule has 7 rings (SSSR count). The maximum Gasteiger partial charge on any atom is 0.435 e. The molecule has 0 bridgehead atoms. The van der Waals surface area contributed by atoms with Crippen molar-refractivity contribution in [3.63, 3.8) is 0 Å². The minimum absolute atomic E-state index is 0.0537. The van der Waals surface area contributed by atoms with E-state index >= 15 is 8.78 Å². The van der Waals surface area contributed by atoms with Gasteiger partial charge in [-0.2, -0.15) is 49.5 Å². The third-order valence-electron chi connectivity index (χ3n) is 12.0. The molecule has 2 unspecified atom stereocenters. The fraction of sp³-hybridized carbons (Fsp3) is 0.537. The van der Waals surface area contributed by atoms with E-state index in [1.165, 1.54) is 17.0 Å². The van der Waals surface area contributed by atoms with E-state index in [1.807, 2.05) is 6.92 Å². The van der Waals surface area contributed by atoms with Crippen LogP contribution in [0, 0.1) is 29.9 Å². The molecule has 0 spiro atoms. The second kappa shape index (κ2) is 16.1. The van der Waals surface area contributed by atoms with Crippen LogP contribution in [0.2, 0.25) is 0 Å². The van der Waals surface area contributed by atoms with Gasteiger partial charge in [-0.1, -0.05) is 37.1 Å². The van der Waals surface area contributed by atoms with Crippen LogP contribution < -0.4 is 15.4 Å². The van der Waals surface area contributed by atoms with Crippen molar-refractivity contribution in [3.8, 4) is 29.6 Å². The van der Waals surface area contributed by atoms with Gasteiger partial charge in [-0.3, -0.25) is 4.90 Å². The zero-order chi connectivity index (χ0) is 43.4. The number of ether oxygens (including phenoxy) is 2. The molecule has 60 heavy (non-hydrogen) atoms. The molecular weight excluding hydrogens is 817 g/mol. The standard InChI is InChI=1S/C41H41F11N6O2/c1-4-26-28(42)12-11-24-7-5-8-27(30(24)26)33-32(43)34-31-29(55-33)19-22(2)9-10-23(3)53-16-17-54-35(31)57-36(56-34)59-21-37-14-6-18-58(37)25(13-15-37)20-60-38(39(44,45)46,40(47,48)49)41(50,51)52/h1,5,7-8,11-12,22-23,25,53H,6,9-10,13-21H2,2-3H3,(H,54,56,57)/t22?,23-,25+,37?/m1/s1. The molecule has 4 aromatic rings. The van der Waals surface area contributed by atoms with Crippen LogP contribution in [0.4, 0.5) is 54.1 Å². The van der Waals surface area contributed by atoms with Gasteiger partial charge in [-0.25, -0.2) is 13.8 Å². The monoisotopic (exact) mass is 858 g/mol. The molecule has 8 nitrogen and oxygen atoms in total. The Kier molecular flexibility index (Phi) is 11.7. The smallest absolute Gasteiger partial charge is 0.435 e. The Hall–Kier alpha value is -4.54.